The van der Waals surface area contributed by atoms with E-state index in [1.165, 1.54) is 0 Å². The summed E-state index contributed by atoms with van der Waals surface area (Å²) in [6, 6.07) is 7.73. The smallest absolute Gasteiger partial charge is 0.486 e. The molecule has 0 saturated carbocycles. The van der Waals surface area contributed by atoms with Crippen LogP contribution in [0, 0.1) is 0 Å². The molecule has 3 rings (SSSR count). The fraction of sp³-hybridized carbons (Fsp3) is 0.556. The Morgan fingerprint density at radius 2 is 1.50 bits per heavy atom. The molecule has 2 aliphatic heterocycles. The molecule has 0 spiro atoms. The van der Waals surface area contributed by atoms with Crippen LogP contribution < -0.4 is 10.2 Å². The van der Waals surface area contributed by atoms with E-state index in [4.69, 9.17) is 23.5 Å². The van der Waals surface area contributed by atoms with Gasteiger partial charge in [-0.1, -0.05) is 12.1 Å². The van der Waals surface area contributed by atoms with Crippen molar-refractivity contribution in [3.05, 3.63) is 36.3 Å². The Bertz CT molecular complexity index is 617. The van der Waals surface area contributed by atoms with E-state index in [1.807, 2.05) is 65.8 Å². The third kappa shape index (κ3) is 3.40. The Balaban J connectivity index is 1.59. The summed E-state index contributed by atoms with van der Waals surface area (Å²) in [5.74, 6) is 0.818. The first-order valence-electron chi connectivity index (χ1n) is 8.22. The van der Waals surface area contributed by atoms with Gasteiger partial charge in [-0.3, -0.25) is 0 Å². The zero-order chi connectivity index (χ0) is 17.6. The van der Waals surface area contributed by atoms with Crippen molar-refractivity contribution in [1.82, 2.24) is 0 Å². The van der Waals surface area contributed by atoms with E-state index in [0.29, 0.717) is 12.4 Å². The van der Waals surface area contributed by atoms with Crippen molar-refractivity contribution >= 4 is 12.6 Å². The summed E-state index contributed by atoms with van der Waals surface area (Å²) in [4.78, 5) is 0. The standard InChI is InChI=1S/C18H25BO5/c1-16(2)17(3,4)24-19(23-16)13-7-9-14(10-8-13)20-11-15-12-21-18(5,6)22-15/h7-10,12H,11H2,1-6H3. The first-order valence-corrected chi connectivity index (χ1v) is 8.22. The third-order valence-corrected chi connectivity index (χ3v) is 4.64. The van der Waals surface area contributed by atoms with Crippen LogP contribution in [0.15, 0.2) is 36.3 Å². The maximum atomic E-state index is 6.05. The first kappa shape index (κ1) is 17.2. The minimum atomic E-state index is -0.612. The van der Waals surface area contributed by atoms with Crippen LogP contribution in [0.5, 0.6) is 5.75 Å². The van der Waals surface area contributed by atoms with Crippen molar-refractivity contribution in [2.45, 2.75) is 58.5 Å². The second kappa shape index (κ2) is 5.71. The molecule has 1 fully saturated rings. The van der Waals surface area contributed by atoms with Crippen molar-refractivity contribution in [2.24, 2.45) is 0 Å². The molecule has 0 aromatic heterocycles. The van der Waals surface area contributed by atoms with Gasteiger partial charge in [-0.15, -0.1) is 0 Å². The number of benzene rings is 1. The van der Waals surface area contributed by atoms with Gasteiger partial charge in [0.15, 0.2) is 5.76 Å². The van der Waals surface area contributed by atoms with Crippen molar-refractivity contribution in [3.8, 4) is 5.75 Å². The van der Waals surface area contributed by atoms with Crippen LogP contribution in [-0.4, -0.2) is 30.7 Å². The molecule has 2 aliphatic rings. The van der Waals surface area contributed by atoms with Crippen molar-refractivity contribution < 1.29 is 23.5 Å². The summed E-state index contributed by atoms with van der Waals surface area (Å²) >= 11 is 0. The number of rotatable bonds is 4. The SMILES string of the molecule is CC1(C)OC=C(COc2ccc(B3OC(C)(C)C(C)(C)O3)cc2)O1. The molecular formula is C18H25BO5. The highest BCUT2D eigenvalue weighted by atomic mass is 16.7. The highest BCUT2D eigenvalue weighted by Crippen LogP contribution is 2.36. The molecule has 0 N–H and O–H groups in total. The number of hydrogen-bond acceptors (Lipinski definition) is 5. The highest BCUT2D eigenvalue weighted by molar-refractivity contribution is 6.62. The van der Waals surface area contributed by atoms with Crippen LogP contribution in [0.4, 0.5) is 0 Å². The fourth-order valence-electron chi connectivity index (χ4n) is 2.49. The topological polar surface area (TPSA) is 46.2 Å². The van der Waals surface area contributed by atoms with Crippen molar-refractivity contribution in [2.75, 3.05) is 6.61 Å². The first-order chi connectivity index (χ1) is 11.1. The van der Waals surface area contributed by atoms with Gasteiger partial charge in [0, 0.05) is 13.8 Å². The second-order valence-corrected chi connectivity index (χ2v) is 7.65. The molecule has 1 saturated heterocycles. The van der Waals surface area contributed by atoms with Gasteiger partial charge in [-0.2, -0.15) is 0 Å². The second-order valence-electron chi connectivity index (χ2n) is 7.65. The Labute approximate surface area is 144 Å². The Hall–Kier alpha value is -1.66. The van der Waals surface area contributed by atoms with Gasteiger partial charge in [0.2, 0.25) is 5.79 Å². The molecule has 1 aromatic rings. The van der Waals surface area contributed by atoms with E-state index in [9.17, 15) is 0 Å². The fourth-order valence-corrected chi connectivity index (χ4v) is 2.49. The minimum Gasteiger partial charge on any atom is -0.486 e. The molecule has 24 heavy (non-hydrogen) atoms. The largest absolute Gasteiger partial charge is 0.494 e. The van der Waals surface area contributed by atoms with E-state index in [1.54, 1.807) is 6.26 Å². The molecule has 130 valence electrons. The average Bonchev–Trinajstić information content (AvgIpc) is 2.93. The quantitative estimate of drug-likeness (QED) is 0.793. The lowest BCUT2D eigenvalue weighted by atomic mass is 9.79. The lowest BCUT2D eigenvalue weighted by Gasteiger charge is -2.32. The summed E-state index contributed by atoms with van der Waals surface area (Å²) < 4.78 is 28.8. The molecular weight excluding hydrogens is 307 g/mol. The zero-order valence-electron chi connectivity index (χ0n) is 15.2. The van der Waals surface area contributed by atoms with E-state index < -0.39 is 5.79 Å². The van der Waals surface area contributed by atoms with Crippen LogP contribution in [0.2, 0.25) is 0 Å². The van der Waals surface area contributed by atoms with Crippen LogP contribution in [0.1, 0.15) is 41.5 Å². The Morgan fingerprint density at radius 1 is 0.917 bits per heavy atom. The summed E-state index contributed by atoms with van der Waals surface area (Å²) in [6.07, 6.45) is 1.60. The molecule has 0 amide bonds. The summed E-state index contributed by atoms with van der Waals surface area (Å²) in [6.45, 7) is 12.2. The summed E-state index contributed by atoms with van der Waals surface area (Å²) in [5, 5.41) is 0. The lowest BCUT2D eigenvalue weighted by molar-refractivity contribution is -0.119. The predicted molar refractivity (Wildman–Crippen MR) is 92.0 cm³/mol. The highest BCUT2D eigenvalue weighted by Gasteiger charge is 2.51. The summed E-state index contributed by atoms with van der Waals surface area (Å²) in [7, 11) is -0.362. The van der Waals surface area contributed by atoms with Crippen LogP contribution in [-0.2, 0) is 18.8 Å². The number of ether oxygens (including phenoxy) is 3. The molecule has 0 unspecified atom stereocenters. The molecule has 0 radical (unpaired) electrons. The van der Waals surface area contributed by atoms with E-state index >= 15 is 0 Å². The van der Waals surface area contributed by atoms with Crippen molar-refractivity contribution in [3.63, 3.8) is 0 Å². The normalized spacial score (nSPS) is 23.4. The Morgan fingerprint density at radius 3 is 2.00 bits per heavy atom. The maximum Gasteiger partial charge on any atom is 0.494 e. The Kier molecular flexibility index (Phi) is 4.08. The molecule has 5 nitrogen and oxygen atoms in total. The third-order valence-electron chi connectivity index (χ3n) is 4.64. The van der Waals surface area contributed by atoms with Crippen molar-refractivity contribution in [1.29, 1.82) is 0 Å². The molecule has 1 aromatic carbocycles. The van der Waals surface area contributed by atoms with Crippen LogP contribution in [0.25, 0.3) is 0 Å². The predicted octanol–water partition coefficient (Wildman–Crippen LogP) is 2.99. The zero-order valence-corrected chi connectivity index (χ0v) is 15.2. The van der Waals surface area contributed by atoms with E-state index in [2.05, 4.69) is 0 Å². The van der Waals surface area contributed by atoms with Gasteiger partial charge < -0.3 is 23.5 Å². The monoisotopic (exact) mass is 332 g/mol. The van der Waals surface area contributed by atoms with Gasteiger partial charge in [-0.05, 0) is 45.3 Å². The molecule has 0 bridgehead atoms. The number of hydrogen-bond donors (Lipinski definition) is 0. The minimum absolute atomic E-state index is 0.333. The van der Waals surface area contributed by atoms with Gasteiger partial charge in [0.25, 0.3) is 0 Å². The average molecular weight is 332 g/mol. The van der Waals surface area contributed by atoms with E-state index in [-0.39, 0.29) is 18.3 Å². The molecule has 2 heterocycles. The molecule has 0 aliphatic carbocycles. The van der Waals surface area contributed by atoms with Gasteiger partial charge in [-0.25, -0.2) is 0 Å². The lowest BCUT2D eigenvalue weighted by Crippen LogP contribution is -2.41. The van der Waals surface area contributed by atoms with Crippen LogP contribution in [0.3, 0.4) is 0 Å². The van der Waals surface area contributed by atoms with Gasteiger partial charge in [0.1, 0.15) is 18.6 Å². The molecule has 6 heteroatoms. The molecule has 0 atom stereocenters. The van der Waals surface area contributed by atoms with Gasteiger partial charge >= 0.3 is 7.12 Å². The maximum absolute atomic E-state index is 6.05. The van der Waals surface area contributed by atoms with Gasteiger partial charge in [0.05, 0.1) is 11.2 Å². The summed E-state index contributed by atoms with van der Waals surface area (Å²) in [5.41, 5.74) is 0.291. The van der Waals surface area contributed by atoms with Crippen LogP contribution >= 0.6 is 0 Å². The van der Waals surface area contributed by atoms with E-state index in [0.717, 1.165) is 11.2 Å².